The van der Waals surface area contributed by atoms with Crippen LogP contribution in [0, 0.1) is 13.8 Å². The topological polar surface area (TPSA) is 84.1 Å². The molecule has 0 aliphatic rings. The molecule has 0 saturated carbocycles. The molecule has 0 radical (unpaired) electrons. The smallest absolute Gasteiger partial charge is 0.338 e. The molecule has 0 unspecified atom stereocenters. The number of rotatable bonds is 5. The van der Waals surface area contributed by atoms with Gasteiger partial charge in [0, 0.05) is 16.9 Å². The summed E-state index contributed by atoms with van der Waals surface area (Å²) in [6, 6.07) is 6.64. The van der Waals surface area contributed by atoms with Gasteiger partial charge >= 0.3 is 5.97 Å². The van der Waals surface area contributed by atoms with Gasteiger partial charge in [0.05, 0.1) is 23.8 Å². The normalized spacial score (nSPS) is 11.8. The van der Waals surface area contributed by atoms with Crippen LogP contribution in [0.5, 0.6) is 0 Å². The van der Waals surface area contributed by atoms with Crippen LogP contribution in [-0.2, 0) is 9.53 Å². The van der Waals surface area contributed by atoms with Gasteiger partial charge in [-0.1, -0.05) is 0 Å². The van der Waals surface area contributed by atoms with Gasteiger partial charge in [-0.2, -0.15) is 5.10 Å². The molecular weight excluding hydrogens is 294 g/mol. The number of nitrogens with zero attached hydrogens (tertiary/aromatic N) is 1. The number of amides is 1. The van der Waals surface area contributed by atoms with Crippen molar-refractivity contribution >= 4 is 17.6 Å². The molecule has 1 aromatic heterocycles. The molecule has 6 heteroatoms. The summed E-state index contributed by atoms with van der Waals surface area (Å²) in [5.74, 6) is -0.816. The van der Waals surface area contributed by atoms with Crippen LogP contribution in [0.25, 0.3) is 0 Å². The van der Waals surface area contributed by atoms with Gasteiger partial charge in [0.15, 0.2) is 0 Å². The van der Waals surface area contributed by atoms with Gasteiger partial charge in [-0.25, -0.2) is 4.79 Å². The van der Waals surface area contributed by atoms with Crippen LogP contribution in [0.3, 0.4) is 0 Å². The van der Waals surface area contributed by atoms with Gasteiger partial charge in [0.25, 0.3) is 0 Å². The molecule has 2 aromatic rings. The number of carbonyl (C=O) groups is 2. The third-order valence-corrected chi connectivity index (χ3v) is 3.67. The molecule has 122 valence electrons. The highest BCUT2D eigenvalue weighted by molar-refractivity contribution is 5.96. The SMILES string of the molecule is CCOC(=O)c1ccc(NC(=O)[C@H](C)c2c(C)n[nH]c2C)cc1. The van der Waals surface area contributed by atoms with Crippen molar-refractivity contribution in [2.24, 2.45) is 0 Å². The van der Waals surface area contributed by atoms with Crippen LogP contribution < -0.4 is 5.32 Å². The number of carbonyl (C=O) groups excluding carboxylic acids is 2. The first-order valence-corrected chi connectivity index (χ1v) is 7.53. The zero-order valence-electron chi connectivity index (χ0n) is 13.8. The molecule has 1 atom stereocenters. The predicted molar refractivity (Wildman–Crippen MR) is 87.5 cm³/mol. The lowest BCUT2D eigenvalue weighted by atomic mass is 9.98. The molecule has 1 heterocycles. The summed E-state index contributed by atoms with van der Waals surface area (Å²) in [6.07, 6.45) is 0. The Morgan fingerprint density at radius 2 is 1.91 bits per heavy atom. The zero-order valence-corrected chi connectivity index (χ0v) is 13.8. The van der Waals surface area contributed by atoms with E-state index in [1.54, 1.807) is 31.2 Å². The number of esters is 1. The number of ether oxygens (including phenoxy) is 1. The van der Waals surface area contributed by atoms with Gasteiger partial charge < -0.3 is 10.1 Å². The summed E-state index contributed by atoms with van der Waals surface area (Å²) >= 11 is 0. The Bertz CT molecular complexity index is 685. The average molecular weight is 315 g/mol. The Hall–Kier alpha value is -2.63. The Kier molecular flexibility index (Phi) is 5.16. The first kappa shape index (κ1) is 16.7. The van der Waals surface area contributed by atoms with E-state index in [-0.39, 0.29) is 17.8 Å². The molecular formula is C17H21N3O3. The Morgan fingerprint density at radius 3 is 2.43 bits per heavy atom. The highest BCUT2D eigenvalue weighted by Gasteiger charge is 2.21. The standard InChI is InChI=1S/C17H21N3O3/c1-5-23-17(22)13-6-8-14(9-7-13)18-16(21)10(2)15-11(3)19-20-12(15)4/h6-10H,5H2,1-4H3,(H,18,21)(H,19,20)/t10-/m1/s1. The number of H-pyrrole nitrogens is 1. The summed E-state index contributed by atoms with van der Waals surface area (Å²) in [5, 5.41) is 9.86. The second kappa shape index (κ2) is 7.09. The van der Waals surface area contributed by atoms with Crippen molar-refractivity contribution in [3.63, 3.8) is 0 Å². The van der Waals surface area contributed by atoms with Gasteiger partial charge in [0.2, 0.25) is 5.91 Å². The first-order chi connectivity index (χ1) is 10.9. The Morgan fingerprint density at radius 1 is 1.26 bits per heavy atom. The van der Waals surface area contributed by atoms with Crippen molar-refractivity contribution in [2.45, 2.75) is 33.6 Å². The maximum absolute atomic E-state index is 12.4. The predicted octanol–water partition coefficient (Wildman–Crippen LogP) is 2.95. The van der Waals surface area contributed by atoms with E-state index in [1.165, 1.54) is 0 Å². The second-order valence-corrected chi connectivity index (χ2v) is 5.36. The average Bonchev–Trinajstić information content (AvgIpc) is 2.86. The summed E-state index contributed by atoms with van der Waals surface area (Å²) in [4.78, 5) is 24.0. The third kappa shape index (κ3) is 3.77. The quantitative estimate of drug-likeness (QED) is 0.831. The van der Waals surface area contributed by atoms with Crippen LogP contribution >= 0.6 is 0 Å². The third-order valence-electron chi connectivity index (χ3n) is 3.67. The van der Waals surface area contributed by atoms with E-state index in [9.17, 15) is 9.59 Å². The number of aromatic nitrogens is 2. The number of benzene rings is 1. The van der Waals surface area contributed by atoms with Crippen LogP contribution in [0.15, 0.2) is 24.3 Å². The molecule has 0 saturated heterocycles. The summed E-state index contributed by atoms with van der Waals surface area (Å²) in [5.41, 5.74) is 3.71. The van der Waals surface area contributed by atoms with Gasteiger partial charge in [-0.15, -0.1) is 0 Å². The lowest BCUT2D eigenvalue weighted by Crippen LogP contribution is -2.19. The number of anilines is 1. The van der Waals surface area contributed by atoms with Crippen molar-refractivity contribution in [1.82, 2.24) is 10.2 Å². The lowest BCUT2D eigenvalue weighted by molar-refractivity contribution is -0.117. The van der Waals surface area contributed by atoms with E-state index in [1.807, 2.05) is 20.8 Å². The molecule has 6 nitrogen and oxygen atoms in total. The van der Waals surface area contributed by atoms with Crippen molar-refractivity contribution < 1.29 is 14.3 Å². The first-order valence-electron chi connectivity index (χ1n) is 7.53. The lowest BCUT2D eigenvalue weighted by Gasteiger charge is -2.13. The van der Waals surface area contributed by atoms with Gasteiger partial charge in [-0.3, -0.25) is 9.89 Å². The number of aryl methyl sites for hydroxylation is 2. The molecule has 0 aliphatic carbocycles. The van der Waals surface area contributed by atoms with Crippen molar-refractivity contribution in [3.8, 4) is 0 Å². The number of nitrogens with one attached hydrogen (secondary N) is 2. The number of hydrogen-bond acceptors (Lipinski definition) is 4. The Balaban J connectivity index is 2.07. The molecule has 2 rings (SSSR count). The van der Waals surface area contributed by atoms with Crippen molar-refractivity contribution in [2.75, 3.05) is 11.9 Å². The fourth-order valence-corrected chi connectivity index (χ4v) is 2.48. The number of aromatic amines is 1. The monoisotopic (exact) mass is 315 g/mol. The van der Waals surface area contributed by atoms with Crippen LogP contribution in [-0.4, -0.2) is 28.7 Å². The fraction of sp³-hybridized carbons (Fsp3) is 0.353. The highest BCUT2D eigenvalue weighted by atomic mass is 16.5. The largest absolute Gasteiger partial charge is 0.462 e. The summed E-state index contributed by atoms with van der Waals surface area (Å²) in [7, 11) is 0. The molecule has 0 bridgehead atoms. The van der Waals surface area contributed by atoms with E-state index in [0.29, 0.717) is 17.9 Å². The van der Waals surface area contributed by atoms with Crippen LogP contribution in [0.2, 0.25) is 0 Å². The maximum Gasteiger partial charge on any atom is 0.338 e. The minimum absolute atomic E-state index is 0.124. The maximum atomic E-state index is 12.4. The zero-order chi connectivity index (χ0) is 17.0. The van der Waals surface area contributed by atoms with Crippen LogP contribution in [0.1, 0.15) is 47.1 Å². The fourth-order valence-electron chi connectivity index (χ4n) is 2.48. The van der Waals surface area contributed by atoms with Gasteiger partial charge in [0.1, 0.15) is 0 Å². The van der Waals surface area contributed by atoms with Crippen LogP contribution in [0.4, 0.5) is 5.69 Å². The van der Waals surface area contributed by atoms with E-state index in [4.69, 9.17) is 4.74 Å². The highest BCUT2D eigenvalue weighted by Crippen LogP contribution is 2.23. The molecule has 0 aliphatic heterocycles. The van der Waals surface area contributed by atoms with E-state index in [0.717, 1.165) is 17.0 Å². The molecule has 1 amide bonds. The molecule has 0 spiro atoms. The second-order valence-electron chi connectivity index (χ2n) is 5.36. The molecule has 1 aromatic carbocycles. The van der Waals surface area contributed by atoms with E-state index in [2.05, 4.69) is 15.5 Å². The van der Waals surface area contributed by atoms with Crippen molar-refractivity contribution in [3.05, 3.63) is 46.8 Å². The molecule has 0 fully saturated rings. The van der Waals surface area contributed by atoms with E-state index >= 15 is 0 Å². The minimum atomic E-state index is -0.372. The Labute approximate surface area is 135 Å². The molecule has 23 heavy (non-hydrogen) atoms. The van der Waals surface area contributed by atoms with E-state index < -0.39 is 0 Å². The minimum Gasteiger partial charge on any atom is -0.462 e. The summed E-state index contributed by atoms with van der Waals surface area (Å²) < 4.78 is 4.93. The van der Waals surface area contributed by atoms with Gasteiger partial charge in [-0.05, 0) is 52.0 Å². The number of hydrogen-bond donors (Lipinski definition) is 2. The summed E-state index contributed by atoms with van der Waals surface area (Å²) in [6.45, 7) is 7.70. The van der Waals surface area contributed by atoms with Crippen molar-refractivity contribution in [1.29, 1.82) is 0 Å². The molecule has 2 N–H and O–H groups in total.